The largest absolute Gasteiger partial charge is 0.416 e. The first kappa shape index (κ1) is 17.0. The summed E-state index contributed by atoms with van der Waals surface area (Å²) in [5.41, 5.74) is -1.57. The molecule has 114 valence electrons. The van der Waals surface area contributed by atoms with Gasteiger partial charge in [-0.15, -0.1) is 0 Å². The van der Waals surface area contributed by atoms with Gasteiger partial charge in [-0.1, -0.05) is 18.2 Å². The van der Waals surface area contributed by atoms with Crippen LogP contribution < -0.4 is 0 Å². The Kier molecular flexibility index (Phi) is 5.00. The summed E-state index contributed by atoms with van der Waals surface area (Å²) in [5.74, 6) is -0.322. The van der Waals surface area contributed by atoms with E-state index in [0.717, 1.165) is 12.1 Å². The molecule has 0 spiro atoms. The van der Waals surface area contributed by atoms with Crippen LogP contribution in [0, 0.1) is 11.3 Å². The van der Waals surface area contributed by atoms with E-state index in [1.807, 2.05) is 6.07 Å². The molecule has 1 aromatic carbocycles. The van der Waals surface area contributed by atoms with E-state index in [2.05, 4.69) is 0 Å². The van der Waals surface area contributed by atoms with Crippen molar-refractivity contribution in [2.24, 2.45) is 0 Å². The van der Waals surface area contributed by atoms with Crippen LogP contribution in [0.2, 0.25) is 0 Å². The Labute approximate surface area is 122 Å². The van der Waals surface area contributed by atoms with Crippen molar-refractivity contribution >= 4 is 5.91 Å². The number of carbonyl (C=O) groups excluding carboxylic acids is 1. The minimum atomic E-state index is -4.44. The quantitative estimate of drug-likeness (QED) is 0.855. The number of amides is 1. The average molecular weight is 298 g/mol. The number of hydrogen-bond acceptors (Lipinski definition) is 2. The Morgan fingerprint density at radius 2 is 1.86 bits per heavy atom. The normalized spacial score (nSPS) is 11.9. The van der Waals surface area contributed by atoms with Crippen molar-refractivity contribution < 1.29 is 18.0 Å². The van der Waals surface area contributed by atoms with Crippen LogP contribution in [0.5, 0.6) is 0 Å². The average Bonchev–Trinajstić information content (AvgIpc) is 2.43. The van der Waals surface area contributed by atoms with Crippen LogP contribution in [0.4, 0.5) is 13.2 Å². The lowest BCUT2D eigenvalue weighted by atomic mass is 9.82. The van der Waals surface area contributed by atoms with Crippen LogP contribution in [-0.2, 0) is 16.4 Å². The Bertz CT molecular complexity index is 559. The highest BCUT2D eigenvalue weighted by Gasteiger charge is 2.36. The third-order valence-electron chi connectivity index (χ3n) is 3.35. The van der Waals surface area contributed by atoms with Crippen LogP contribution in [0.3, 0.4) is 0 Å². The van der Waals surface area contributed by atoms with Crippen LogP contribution in [0.15, 0.2) is 24.3 Å². The first-order chi connectivity index (χ1) is 9.60. The van der Waals surface area contributed by atoms with E-state index in [4.69, 9.17) is 5.26 Å². The van der Waals surface area contributed by atoms with E-state index in [1.165, 1.54) is 24.1 Å². The van der Waals surface area contributed by atoms with Crippen LogP contribution in [-0.4, -0.2) is 24.4 Å². The Balaban J connectivity index is 3.08. The molecule has 0 heterocycles. The summed E-state index contributed by atoms with van der Waals surface area (Å²) in [7, 11) is 1.54. The molecule has 0 bridgehead atoms. The van der Waals surface area contributed by atoms with Gasteiger partial charge in [-0.2, -0.15) is 18.4 Å². The molecule has 0 fully saturated rings. The van der Waals surface area contributed by atoms with Crippen molar-refractivity contribution in [3.63, 3.8) is 0 Å². The Morgan fingerprint density at radius 3 is 2.38 bits per heavy atom. The summed E-state index contributed by atoms with van der Waals surface area (Å²) >= 11 is 0. The van der Waals surface area contributed by atoms with Gasteiger partial charge in [0.25, 0.3) is 0 Å². The fourth-order valence-corrected chi connectivity index (χ4v) is 2.00. The number of halogens is 3. The Morgan fingerprint density at radius 1 is 1.29 bits per heavy atom. The fraction of sp³-hybridized carbons (Fsp3) is 0.467. The van der Waals surface area contributed by atoms with Crippen molar-refractivity contribution in [2.45, 2.75) is 31.9 Å². The summed E-state index contributed by atoms with van der Waals surface area (Å²) in [6.07, 6.45) is -4.26. The molecule has 1 aromatic rings. The van der Waals surface area contributed by atoms with Crippen molar-refractivity contribution in [1.29, 1.82) is 5.26 Å². The van der Waals surface area contributed by atoms with Gasteiger partial charge in [0, 0.05) is 13.6 Å². The number of nitrogens with zero attached hydrogens (tertiary/aromatic N) is 2. The van der Waals surface area contributed by atoms with E-state index in [-0.39, 0.29) is 18.9 Å². The maximum Gasteiger partial charge on any atom is 0.416 e. The van der Waals surface area contributed by atoms with Crippen molar-refractivity contribution in [2.75, 3.05) is 13.6 Å². The first-order valence-corrected chi connectivity index (χ1v) is 6.41. The molecule has 0 saturated carbocycles. The van der Waals surface area contributed by atoms with E-state index in [9.17, 15) is 18.0 Å². The van der Waals surface area contributed by atoms with Gasteiger partial charge in [0.1, 0.15) is 0 Å². The second kappa shape index (κ2) is 6.17. The molecule has 0 aliphatic heterocycles. The lowest BCUT2D eigenvalue weighted by Gasteiger charge is -2.30. The van der Waals surface area contributed by atoms with E-state index >= 15 is 0 Å². The number of hydrogen-bond donors (Lipinski definition) is 0. The van der Waals surface area contributed by atoms with Gasteiger partial charge in [-0.25, -0.2) is 0 Å². The number of carbonyl (C=O) groups is 1. The number of benzene rings is 1. The summed E-state index contributed by atoms with van der Waals surface area (Å²) in [4.78, 5) is 13.7. The number of alkyl halides is 3. The van der Waals surface area contributed by atoms with Gasteiger partial charge in [0.15, 0.2) is 0 Å². The summed E-state index contributed by atoms with van der Waals surface area (Å²) < 4.78 is 38.3. The molecule has 0 aliphatic rings. The second-order valence-electron chi connectivity index (χ2n) is 5.34. The first-order valence-electron chi connectivity index (χ1n) is 6.41. The monoisotopic (exact) mass is 298 g/mol. The zero-order valence-corrected chi connectivity index (χ0v) is 12.2. The molecule has 0 atom stereocenters. The third-order valence-corrected chi connectivity index (χ3v) is 3.35. The zero-order valence-electron chi connectivity index (χ0n) is 12.2. The molecule has 0 N–H and O–H groups in total. The van der Waals surface area contributed by atoms with Crippen LogP contribution >= 0.6 is 0 Å². The Hall–Kier alpha value is -2.03. The summed E-state index contributed by atoms with van der Waals surface area (Å²) in [5, 5.41) is 8.53. The molecule has 0 saturated heterocycles. The highest BCUT2D eigenvalue weighted by Crippen LogP contribution is 2.33. The van der Waals surface area contributed by atoms with Crippen LogP contribution in [0.25, 0.3) is 0 Å². The van der Waals surface area contributed by atoms with Crippen molar-refractivity contribution in [3.05, 3.63) is 35.4 Å². The maximum absolute atomic E-state index is 12.8. The molecule has 0 aromatic heterocycles. The molecular formula is C15H17F3N2O. The highest BCUT2D eigenvalue weighted by molar-refractivity contribution is 5.87. The number of likely N-dealkylation sites (N-methyl/N-ethyl adjacent to an activating group) is 1. The topological polar surface area (TPSA) is 44.1 Å². The van der Waals surface area contributed by atoms with Gasteiger partial charge in [-0.05, 0) is 25.5 Å². The van der Waals surface area contributed by atoms with E-state index in [1.54, 1.807) is 13.8 Å². The highest BCUT2D eigenvalue weighted by atomic mass is 19.4. The predicted molar refractivity (Wildman–Crippen MR) is 72.3 cm³/mol. The number of nitriles is 1. The van der Waals surface area contributed by atoms with Crippen molar-refractivity contribution in [3.8, 4) is 6.07 Å². The maximum atomic E-state index is 12.8. The smallest absolute Gasteiger partial charge is 0.344 e. The fourth-order valence-electron chi connectivity index (χ4n) is 2.00. The minimum Gasteiger partial charge on any atom is -0.344 e. The molecule has 6 heteroatoms. The molecule has 1 amide bonds. The van der Waals surface area contributed by atoms with Gasteiger partial charge >= 0.3 is 6.18 Å². The van der Waals surface area contributed by atoms with Crippen LogP contribution in [0.1, 0.15) is 31.4 Å². The SMILES string of the molecule is CN(CCC#N)C(=O)C(C)(C)c1cccc(C(F)(F)F)c1. The predicted octanol–water partition coefficient (Wildman–Crippen LogP) is 3.36. The third kappa shape index (κ3) is 3.97. The second-order valence-corrected chi connectivity index (χ2v) is 5.34. The molecule has 0 aliphatic carbocycles. The zero-order chi connectivity index (χ0) is 16.3. The summed E-state index contributed by atoms with van der Waals surface area (Å²) in [6.45, 7) is 3.40. The molecule has 3 nitrogen and oxygen atoms in total. The van der Waals surface area contributed by atoms with Crippen molar-refractivity contribution in [1.82, 2.24) is 4.90 Å². The van der Waals surface area contributed by atoms with E-state index in [0.29, 0.717) is 5.56 Å². The summed E-state index contributed by atoms with van der Waals surface area (Å²) in [6, 6.07) is 6.70. The van der Waals surface area contributed by atoms with Gasteiger partial charge in [0.2, 0.25) is 5.91 Å². The van der Waals surface area contributed by atoms with Gasteiger partial charge in [0.05, 0.1) is 23.5 Å². The lowest BCUT2D eigenvalue weighted by Crippen LogP contribution is -2.41. The molecular weight excluding hydrogens is 281 g/mol. The van der Waals surface area contributed by atoms with E-state index < -0.39 is 17.2 Å². The molecule has 0 unspecified atom stereocenters. The molecule has 21 heavy (non-hydrogen) atoms. The minimum absolute atomic E-state index is 0.181. The van der Waals surface area contributed by atoms with Gasteiger partial charge < -0.3 is 4.90 Å². The molecule has 0 radical (unpaired) electrons. The number of rotatable bonds is 4. The lowest BCUT2D eigenvalue weighted by molar-refractivity contribution is -0.138. The molecule has 1 rings (SSSR count). The standard InChI is InChI=1S/C15H17F3N2O/c1-14(2,13(21)20(3)9-5-8-19)11-6-4-7-12(10-11)15(16,17)18/h4,6-7,10H,5,9H2,1-3H3. The van der Waals surface area contributed by atoms with Gasteiger partial charge in [-0.3, -0.25) is 4.79 Å².